The standard InChI is InChI=1S/C8H7F4NO2S/c1-4-2-5(8(10,11)12)7(6(9)3-4)16(13,14)15/h2-3H,1H3,(H2,13,14,15). The van der Waals surface area contributed by atoms with Crippen LogP contribution in [0.4, 0.5) is 17.6 Å². The van der Waals surface area contributed by atoms with Crippen molar-refractivity contribution in [1.82, 2.24) is 0 Å². The second-order valence-electron chi connectivity index (χ2n) is 3.17. The molecule has 3 nitrogen and oxygen atoms in total. The maximum Gasteiger partial charge on any atom is 0.417 e. The minimum Gasteiger partial charge on any atom is -0.225 e. The van der Waals surface area contributed by atoms with Crippen molar-refractivity contribution in [3.8, 4) is 0 Å². The lowest BCUT2D eigenvalue weighted by molar-refractivity contribution is -0.140. The van der Waals surface area contributed by atoms with E-state index in [1.165, 1.54) is 6.92 Å². The highest BCUT2D eigenvalue weighted by Gasteiger charge is 2.38. The number of primary sulfonamides is 1. The molecule has 0 aliphatic carbocycles. The van der Waals surface area contributed by atoms with Crippen molar-refractivity contribution in [3.05, 3.63) is 29.1 Å². The summed E-state index contributed by atoms with van der Waals surface area (Å²) in [6.07, 6.45) is -4.98. The first kappa shape index (κ1) is 12.9. The molecule has 0 heterocycles. The zero-order chi connectivity index (χ0) is 12.7. The van der Waals surface area contributed by atoms with Crippen LogP contribution in [-0.2, 0) is 16.2 Å². The van der Waals surface area contributed by atoms with Gasteiger partial charge in [0.15, 0.2) is 0 Å². The molecule has 0 radical (unpaired) electrons. The van der Waals surface area contributed by atoms with Gasteiger partial charge in [-0.15, -0.1) is 0 Å². The molecule has 1 aromatic carbocycles. The largest absolute Gasteiger partial charge is 0.417 e. The van der Waals surface area contributed by atoms with Crippen LogP contribution in [0.15, 0.2) is 17.0 Å². The summed E-state index contributed by atoms with van der Waals surface area (Å²) in [6.45, 7) is 1.21. The molecular formula is C8H7F4NO2S. The highest BCUT2D eigenvalue weighted by Crippen LogP contribution is 2.35. The van der Waals surface area contributed by atoms with Gasteiger partial charge >= 0.3 is 6.18 Å². The molecule has 0 amide bonds. The Morgan fingerprint density at radius 3 is 2.12 bits per heavy atom. The van der Waals surface area contributed by atoms with Gasteiger partial charge in [-0.2, -0.15) is 13.2 Å². The zero-order valence-electron chi connectivity index (χ0n) is 7.97. The molecule has 0 aliphatic rings. The Balaban J connectivity index is 3.72. The molecule has 0 unspecified atom stereocenters. The fourth-order valence-corrected chi connectivity index (χ4v) is 2.04. The molecule has 8 heteroatoms. The lowest BCUT2D eigenvalue weighted by Gasteiger charge is -2.12. The summed E-state index contributed by atoms with van der Waals surface area (Å²) in [6, 6.07) is 1.21. The van der Waals surface area contributed by atoms with Crippen LogP contribution in [0.3, 0.4) is 0 Å². The molecule has 1 aromatic rings. The zero-order valence-corrected chi connectivity index (χ0v) is 8.79. The first-order chi connectivity index (χ1) is 7.03. The quantitative estimate of drug-likeness (QED) is 0.780. The number of rotatable bonds is 1. The van der Waals surface area contributed by atoms with Crippen LogP contribution < -0.4 is 5.14 Å². The predicted octanol–water partition coefficient (Wildman–Crippen LogP) is 1.80. The first-order valence-electron chi connectivity index (χ1n) is 3.93. The summed E-state index contributed by atoms with van der Waals surface area (Å²) in [4.78, 5) is -1.52. The van der Waals surface area contributed by atoms with Crippen LogP contribution in [0.5, 0.6) is 0 Å². The maximum atomic E-state index is 13.2. The fraction of sp³-hybridized carbons (Fsp3) is 0.250. The van der Waals surface area contributed by atoms with Gasteiger partial charge < -0.3 is 0 Å². The van der Waals surface area contributed by atoms with Crippen molar-refractivity contribution in [2.45, 2.75) is 18.0 Å². The number of hydrogen-bond donors (Lipinski definition) is 1. The third-order valence-corrected chi connectivity index (χ3v) is 2.76. The van der Waals surface area contributed by atoms with E-state index >= 15 is 0 Å². The molecule has 0 saturated carbocycles. The maximum absolute atomic E-state index is 13.2. The van der Waals surface area contributed by atoms with Crippen molar-refractivity contribution >= 4 is 10.0 Å². The molecule has 0 bridgehead atoms. The SMILES string of the molecule is Cc1cc(F)c(S(N)(=O)=O)c(C(F)(F)F)c1. The van der Waals surface area contributed by atoms with E-state index in [-0.39, 0.29) is 5.56 Å². The van der Waals surface area contributed by atoms with E-state index in [1.807, 2.05) is 0 Å². The average Bonchev–Trinajstić information content (AvgIpc) is 1.97. The normalized spacial score (nSPS) is 12.9. The Morgan fingerprint density at radius 1 is 1.25 bits per heavy atom. The highest BCUT2D eigenvalue weighted by molar-refractivity contribution is 7.89. The van der Waals surface area contributed by atoms with Crippen molar-refractivity contribution < 1.29 is 26.0 Å². The van der Waals surface area contributed by atoms with Crippen LogP contribution in [-0.4, -0.2) is 8.42 Å². The van der Waals surface area contributed by atoms with Crippen LogP contribution in [0.2, 0.25) is 0 Å². The molecule has 2 N–H and O–H groups in total. The second-order valence-corrected chi connectivity index (χ2v) is 4.66. The van der Waals surface area contributed by atoms with Crippen molar-refractivity contribution in [1.29, 1.82) is 0 Å². The Hall–Kier alpha value is -1.15. The first-order valence-corrected chi connectivity index (χ1v) is 5.48. The molecule has 0 fully saturated rings. The van der Waals surface area contributed by atoms with E-state index < -0.39 is 32.5 Å². The van der Waals surface area contributed by atoms with Gasteiger partial charge in [0.25, 0.3) is 0 Å². The topological polar surface area (TPSA) is 60.2 Å². The van der Waals surface area contributed by atoms with Crippen molar-refractivity contribution in [2.24, 2.45) is 5.14 Å². The van der Waals surface area contributed by atoms with Crippen LogP contribution in [0.1, 0.15) is 11.1 Å². The minimum absolute atomic E-state index is 0.0442. The summed E-state index contributed by atoms with van der Waals surface area (Å²) in [5.41, 5.74) is -1.63. The lowest BCUT2D eigenvalue weighted by atomic mass is 10.1. The highest BCUT2D eigenvalue weighted by atomic mass is 32.2. The van der Waals surface area contributed by atoms with Crippen LogP contribution in [0, 0.1) is 12.7 Å². The molecule has 16 heavy (non-hydrogen) atoms. The summed E-state index contributed by atoms with van der Waals surface area (Å²) < 4.78 is 72.3. The van der Waals surface area contributed by atoms with E-state index in [2.05, 4.69) is 5.14 Å². The Bertz CT molecular complexity index is 522. The van der Waals surface area contributed by atoms with Gasteiger partial charge in [0, 0.05) is 0 Å². The number of hydrogen-bond acceptors (Lipinski definition) is 2. The number of alkyl halides is 3. The van der Waals surface area contributed by atoms with E-state index in [4.69, 9.17) is 0 Å². The molecule has 0 aromatic heterocycles. The van der Waals surface area contributed by atoms with Gasteiger partial charge in [0.2, 0.25) is 10.0 Å². The van der Waals surface area contributed by atoms with E-state index in [0.29, 0.717) is 12.1 Å². The molecule has 1 rings (SSSR count). The molecule has 90 valence electrons. The molecule has 0 aliphatic heterocycles. The van der Waals surface area contributed by atoms with Gasteiger partial charge in [-0.05, 0) is 24.6 Å². The Kier molecular flexibility index (Phi) is 2.99. The van der Waals surface area contributed by atoms with E-state index in [1.54, 1.807) is 0 Å². The number of aryl methyl sites for hydroxylation is 1. The van der Waals surface area contributed by atoms with Crippen molar-refractivity contribution in [2.75, 3.05) is 0 Å². The molecule has 0 saturated heterocycles. The molecule has 0 spiro atoms. The van der Waals surface area contributed by atoms with Crippen LogP contribution in [0.25, 0.3) is 0 Å². The number of sulfonamides is 1. The smallest absolute Gasteiger partial charge is 0.225 e. The Labute approximate surface area is 88.9 Å². The van der Waals surface area contributed by atoms with E-state index in [9.17, 15) is 26.0 Å². The lowest BCUT2D eigenvalue weighted by Crippen LogP contribution is -2.21. The fourth-order valence-electron chi connectivity index (χ4n) is 1.23. The molecule has 0 atom stereocenters. The minimum atomic E-state index is -4.98. The monoisotopic (exact) mass is 257 g/mol. The second kappa shape index (κ2) is 3.70. The van der Waals surface area contributed by atoms with Crippen LogP contribution >= 0.6 is 0 Å². The van der Waals surface area contributed by atoms with Gasteiger partial charge in [-0.1, -0.05) is 0 Å². The Morgan fingerprint density at radius 2 is 1.75 bits per heavy atom. The number of benzene rings is 1. The summed E-state index contributed by atoms with van der Waals surface area (Å²) in [5, 5.41) is 4.54. The number of nitrogens with two attached hydrogens (primary N) is 1. The molecular weight excluding hydrogens is 250 g/mol. The summed E-state index contributed by atoms with van der Waals surface area (Å²) in [7, 11) is -4.76. The third-order valence-electron chi connectivity index (χ3n) is 1.78. The van der Waals surface area contributed by atoms with Gasteiger partial charge in [-0.25, -0.2) is 17.9 Å². The van der Waals surface area contributed by atoms with Gasteiger partial charge in [0.1, 0.15) is 10.7 Å². The average molecular weight is 257 g/mol. The predicted molar refractivity (Wildman–Crippen MR) is 47.5 cm³/mol. The number of halogens is 4. The summed E-state index contributed by atoms with van der Waals surface area (Å²) >= 11 is 0. The van der Waals surface area contributed by atoms with Gasteiger partial charge in [0.05, 0.1) is 5.56 Å². The van der Waals surface area contributed by atoms with E-state index in [0.717, 1.165) is 0 Å². The summed E-state index contributed by atoms with van der Waals surface area (Å²) in [5.74, 6) is -1.50. The van der Waals surface area contributed by atoms with Gasteiger partial charge in [-0.3, -0.25) is 0 Å². The van der Waals surface area contributed by atoms with Crippen molar-refractivity contribution in [3.63, 3.8) is 0 Å². The third kappa shape index (κ3) is 2.50.